The first-order valence-electron chi connectivity index (χ1n) is 7.71. The molecule has 2 rings (SSSR count). The van der Waals surface area contributed by atoms with Crippen molar-refractivity contribution in [2.45, 2.75) is 19.0 Å². The lowest BCUT2D eigenvalue weighted by atomic mass is 9.97. The van der Waals surface area contributed by atoms with Gasteiger partial charge in [0.25, 0.3) is 0 Å². The van der Waals surface area contributed by atoms with Crippen molar-refractivity contribution in [1.82, 2.24) is 4.31 Å². The van der Waals surface area contributed by atoms with E-state index in [1.54, 1.807) is 0 Å². The summed E-state index contributed by atoms with van der Waals surface area (Å²) in [6, 6.07) is 3.90. The summed E-state index contributed by atoms with van der Waals surface area (Å²) in [6.45, 7) is -1.07. The first-order valence-corrected chi connectivity index (χ1v) is 9.93. The molecular formula is C15H18ClF3N2O4S. The third kappa shape index (κ3) is 6.03. The monoisotopic (exact) mass is 414 g/mol. The van der Waals surface area contributed by atoms with Crippen molar-refractivity contribution in [2.75, 3.05) is 31.3 Å². The third-order valence-corrected chi connectivity index (χ3v) is 5.42. The number of carbonyl (C=O) groups excluding carboxylic acids is 1. The van der Waals surface area contributed by atoms with Crippen LogP contribution in [0.25, 0.3) is 0 Å². The average molecular weight is 415 g/mol. The van der Waals surface area contributed by atoms with Gasteiger partial charge < -0.3 is 10.1 Å². The van der Waals surface area contributed by atoms with Gasteiger partial charge in [0.05, 0.1) is 11.9 Å². The van der Waals surface area contributed by atoms with Gasteiger partial charge in [-0.25, -0.2) is 12.7 Å². The van der Waals surface area contributed by atoms with Crippen LogP contribution in [0, 0.1) is 5.92 Å². The number of amides is 1. The van der Waals surface area contributed by atoms with Gasteiger partial charge in [0.15, 0.2) is 6.61 Å². The number of hydrogen-bond acceptors (Lipinski definition) is 4. The maximum absolute atomic E-state index is 12.4. The number of halogens is 4. The number of hydrogen-bond donors (Lipinski definition) is 1. The number of piperidine rings is 1. The zero-order valence-corrected chi connectivity index (χ0v) is 15.4. The second-order valence-corrected chi connectivity index (χ2v) is 8.39. The fraction of sp³-hybridized carbons (Fsp3) is 0.533. The summed E-state index contributed by atoms with van der Waals surface area (Å²) in [7, 11) is -3.31. The molecule has 1 aliphatic rings. The number of nitrogens with one attached hydrogen (secondary N) is 1. The van der Waals surface area contributed by atoms with Crippen LogP contribution >= 0.6 is 11.6 Å². The molecule has 0 aliphatic carbocycles. The summed E-state index contributed by atoms with van der Waals surface area (Å²) >= 11 is 5.84. The van der Waals surface area contributed by atoms with Crippen LogP contribution in [-0.4, -0.2) is 50.8 Å². The van der Waals surface area contributed by atoms with E-state index in [1.807, 2.05) is 0 Å². The number of alkyl halides is 3. The Kier molecular flexibility index (Phi) is 6.41. The van der Waals surface area contributed by atoms with E-state index in [1.165, 1.54) is 22.5 Å². The Morgan fingerprint density at radius 2 is 1.96 bits per heavy atom. The molecule has 1 aromatic carbocycles. The number of ether oxygens (including phenoxy) is 1. The van der Waals surface area contributed by atoms with Gasteiger partial charge in [-0.15, -0.1) is 0 Å². The van der Waals surface area contributed by atoms with Gasteiger partial charge in [0.1, 0.15) is 5.75 Å². The number of rotatable bonds is 5. The van der Waals surface area contributed by atoms with E-state index >= 15 is 0 Å². The van der Waals surface area contributed by atoms with Crippen LogP contribution in [0.3, 0.4) is 0 Å². The molecule has 0 saturated carbocycles. The maximum atomic E-state index is 12.4. The van der Waals surface area contributed by atoms with Crippen LogP contribution < -0.4 is 10.1 Å². The molecule has 0 radical (unpaired) electrons. The number of anilines is 1. The maximum Gasteiger partial charge on any atom is 0.422 e. The van der Waals surface area contributed by atoms with Crippen LogP contribution in [0.4, 0.5) is 18.9 Å². The molecule has 11 heteroatoms. The van der Waals surface area contributed by atoms with E-state index in [-0.39, 0.29) is 29.5 Å². The third-order valence-electron chi connectivity index (χ3n) is 3.88. The molecule has 0 spiro atoms. The van der Waals surface area contributed by atoms with Gasteiger partial charge in [-0.1, -0.05) is 11.6 Å². The number of benzene rings is 1. The first kappa shape index (κ1) is 20.8. The Morgan fingerprint density at radius 3 is 2.50 bits per heavy atom. The van der Waals surface area contributed by atoms with E-state index in [0.29, 0.717) is 12.8 Å². The SMILES string of the molecule is CS(=O)(=O)N1CCC(C(=O)Nc2cc(Cl)ccc2OCC(F)(F)F)CC1. The average Bonchev–Trinajstić information content (AvgIpc) is 2.52. The van der Waals surface area contributed by atoms with Gasteiger partial charge in [-0.3, -0.25) is 4.79 Å². The van der Waals surface area contributed by atoms with Crippen LogP contribution in [0.15, 0.2) is 18.2 Å². The Morgan fingerprint density at radius 1 is 1.35 bits per heavy atom. The molecule has 6 nitrogen and oxygen atoms in total. The number of sulfonamides is 1. The highest BCUT2D eigenvalue weighted by molar-refractivity contribution is 7.88. The molecule has 1 fully saturated rings. The van der Waals surface area contributed by atoms with Crippen molar-refractivity contribution >= 4 is 33.2 Å². The lowest BCUT2D eigenvalue weighted by molar-refractivity contribution is -0.153. The van der Waals surface area contributed by atoms with Gasteiger partial charge in [0.2, 0.25) is 15.9 Å². The number of nitrogens with zero attached hydrogens (tertiary/aromatic N) is 1. The zero-order chi connectivity index (χ0) is 19.5. The molecule has 0 aromatic heterocycles. The van der Waals surface area contributed by atoms with Gasteiger partial charge in [-0.2, -0.15) is 13.2 Å². The van der Waals surface area contributed by atoms with Crippen molar-refractivity contribution < 1.29 is 31.1 Å². The highest BCUT2D eigenvalue weighted by atomic mass is 35.5. The molecule has 0 atom stereocenters. The summed E-state index contributed by atoms with van der Waals surface area (Å²) in [4.78, 5) is 12.4. The normalized spacial score (nSPS) is 17.1. The van der Waals surface area contributed by atoms with Crippen molar-refractivity contribution in [3.05, 3.63) is 23.2 Å². The standard InChI is InChI=1S/C15H18ClF3N2O4S/c1-26(23,24)21-6-4-10(5-7-21)14(22)20-12-8-11(16)2-3-13(12)25-9-15(17,18)19/h2-3,8,10H,4-7,9H2,1H3,(H,20,22). The topological polar surface area (TPSA) is 75.7 Å². The molecule has 0 unspecified atom stereocenters. The fourth-order valence-corrected chi connectivity index (χ4v) is 3.62. The summed E-state index contributed by atoms with van der Waals surface area (Å²) in [5, 5.41) is 2.76. The molecule has 1 N–H and O–H groups in total. The Bertz CT molecular complexity index is 763. The summed E-state index contributed by atoms with van der Waals surface area (Å²) in [6.07, 6.45) is -2.78. The molecule has 1 saturated heterocycles. The quantitative estimate of drug-likeness (QED) is 0.803. The molecule has 1 amide bonds. The van der Waals surface area contributed by atoms with Crippen molar-refractivity contribution in [3.63, 3.8) is 0 Å². The molecular weight excluding hydrogens is 397 g/mol. The first-order chi connectivity index (χ1) is 12.0. The minimum atomic E-state index is -4.51. The summed E-state index contributed by atoms with van der Waals surface area (Å²) in [5.74, 6) is -1.02. The Balaban J connectivity index is 2.03. The smallest absolute Gasteiger partial charge is 0.422 e. The lowest BCUT2D eigenvalue weighted by Gasteiger charge is -2.29. The van der Waals surface area contributed by atoms with Crippen molar-refractivity contribution in [2.24, 2.45) is 5.92 Å². The van der Waals surface area contributed by atoms with E-state index < -0.39 is 34.6 Å². The van der Waals surface area contributed by atoms with E-state index in [0.717, 1.165) is 6.26 Å². The van der Waals surface area contributed by atoms with Crippen LogP contribution in [0.2, 0.25) is 5.02 Å². The Hall–Kier alpha value is -1.52. The highest BCUT2D eigenvalue weighted by Crippen LogP contribution is 2.31. The van der Waals surface area contributed by atoms with E-state index in [4.69, 9.17) is 16.3 Å². The zero-order valence-electron chi connectivity index (χ0n) is 13.8. The lowest BCUT2D eigenvalue weighted by Crippen LogP contribution is -2.40. The molecule has 1 aliphatic heterocycles. The van der Waals surface area contributed by atoms with Gasteiger partial charge >= 0.3 is 6.18 Å². The van der Waals surface area contributed by atoms with Crippen molar-refractivity contribution in [3.8, 4) is 5.75 Å². The Labute approximate surface area is 154 Å². The van der Waals surface area contributed by atoms with E-state index in [2.05, 4.69) is 5.32 Å². The molecule has 1 heterocycles. The second-order valence-electron chi connectivity index (χ2n) is 5.97. The second kappa shape index (κ2) is 8.01. The van der Waals surface area contributed by atoms with Gasteiger partial charge in [-0.05, 0) is 31.0 Å². The van der Waals surface area contributed by atoms with E-state index in [9.17, 15) is 26.4 Å². The van der Waals surface area contributed by atoms with Crippen LogP contribution in [-0.2, 0) is 14.8 Å². The molecule has 146 valence electrons. The number of carbonyl (C=O) groups is 1. The molecule has 0 bridgehead atoms. The predicted molar refractivity (Wildman–Crippen MR) is 90.8 cm³/mol. The summed E-state index contributed by atoms with van der Waals surface area (Å²) in [5.41, 5.74) is 0.0392. The van der Waals surface area contributed by atoms with Gasteiger partial charge in [0, 0.05) is 24.0 Å². The minimum absolute atomic E-state index is 0.0392. The minimum Gasteiger partial charge on any atom is -0.482 e. The van der Waals surface area contributed by atoms with Crippen molar-refractivity contribution in [1.29, 1.82) is 0 Å². The van der Waals surface area contributed by atoms with Crippen LogP contribution in [0.1, 0.15) is 12.8 Å². The highest BCUT2D eigenvalue weighted by Gasteiger charge is 2.31. The fourth-order valence-electron chi connectivity index (χ4n) is 2.57. The largest absolute Gasteiger partial charge is 0.482 e. The predicted octanol–water partition coefficient (Wildman–Crippen LogP) is 2.89. The summed E-state index contributed by atoms with van der Waals surface area (Å²) < 4.78 is 66.0. The molecule has 26 heavy (non-hydrogen) atoms. The van der Waals surface area contributed by atoms with Crippen LogP contribution in [0.5, 0.6) is 5.75 Å². The molecule has 1 aromatic rings.